The Kier molecular flexibility index (Phi) is 5.13. The third kappa shape index (κ3) is 3.44. The molecule has 47 heavy (non-hydrogen) atoms. The molecule has 218 valence electrons. The van der Waals surface area contributed by atoms with Gasteiger partial charge < -0.3 is 13.9 Å². The lowest BCUT2D eigenvalue weighted by Crippen LogP contribution is -2.57. The second kappa shape index (κ2) is 9.44. The highest BCUT2D eigenvalue weighted by atomic mass is 32.2. The molecule has 11 rings (SSSR count). The van der Waals surface area contributed by atoms with E-state index in [0.29, 0.717) is 0 Å². The SMILES string of the molecule is c1ccc2c(c1)Oc1cc(-n3c4ccccc4c4cccc(-n5c6ccccc6c6ccccc65)c43)cc3c1B2c1ccccc1S3. The van der Waals surface area contributed by atoms with Gasteiger partial charge in [-0.3, -0.25) is 0 Å². The van der Waals surface area contributed by atoms with Gasteiger partial charge in [-0.25, -0.2) is 0 Å². The normalized spacial score (nSPS) is 13.1. The van der Waals surface area contributed by atoms with Gasteiger partial charge in [-0.05, 0) is 53.4 Å². The highest BCUT2D eigenvalue weighted by Crippen LogP contribution is 2.43. The molecular formula is C42H25BN2OS. The average molecular weight is 617 g/mol. The van der Waals surface area contributed by atoms with Crippen molar-refractivity contribution in [2.75, 3.05) is 0 Å². The van der Waals surface area contributed by atoms with Crippen LogP contribution < -0.4 is 21.1 Å². The summed E-state index contributed by atoms with van der Waals surface area (Å²) in [5.74, 6) is 1.87. The zero-order valence-corrected chi connectivity index (χ0v) is 26.0. The lowest BCUT2D eigenvalue weighted by molar-refractivity contribution is 0.486. The first-order valence-corrected chi connectivity index (χ1v) is 16.9. The molecule has 0 fully saturated rings. The molecule has 3 nitrogen and oxygen atoms in total. The molecule has 0 atom stereocenters. The van der Waals surface area contributed by atoms with Crippen molar-refractivity contribution in [3.8, 4) is 22.9 Å². The number of para-hydroxylation sites is 5. The average Bonchev–Trinajstić information content (AvgIpc) is 3.65. The number of nitrogens with zero attached hydrogens (tertiary/aromatic N) is 2. The van der Waals surface area contributed by atoms with Gasteiger partial charge in [0.15, 0.2) is 0 Å². The van der Waals surface area contributed by atoms with Crippen LogP contribution in [-0.2, 0) is 0 Å². The number of aromatic nitrogens is 2. The Bertz CT molecular complexity index is 2650. The van der Waals surface area contributed by atoms with Crippen LogP contribution >= 0.6 is 11.8 Å². The summed E-state index contributed by atoms with van der Waals surface area (Å²) < 4.78 is 11.7. The molecule has 0 N–H and O–H groups in total. The molecule has 0 bridgehead atoms. The van der Waals surface area contributed by atoms with E-state index in [1.165, 1.54) is 69.8 Å². The van der Waals surface area contributed by atoms with E-state index < -0.39 is 0 Å². The fraction of sp³-hybridized carbons (Fsp3) is 0. The molecule has 0 saturated heterocycles. The predicted octanol–water partition coefficient (Wildman–Crippen LogP) is 8.97. The number of ether oxygens (including phenoxy) is 1. The molecule has 0 aliphatic carbocycles. The zero-order chi connectivity index (χ0) is 30.6. The fourth-order valence-corrected chi connectivity index (χ4v) is 9.34. The first kappa shape index (κ1) is 25.5. The van der Waals surface area contributed by atoms with Gasteiger partial charge in [0, 0.05) is 37.4 Å². The van der Waals surface area contributed by atoms with E-state index >= 15 is 0 Å². The molecule has 0 amide bonds. The second-order valence-corrected chi connectivity index (χ2v) is 13.5. The lowest BCUT2D eigenvalue weighted by Gasteiger charge is -2.33. The minimum atomic E-state index is 0.141. The summed E-state index contributed by atoms with van der Waals surface area (Å²) in [6, 6.07) is 55.1. The van der Waals surface area contributed by atoms with Gasteiger partial charge in [-0.2, -0.15) is 0 Å². The van der Waals surface area contributed by atoms with E-state index in [-0.39, 0.29) is 6.71 Å². The summed E-state index contributed by atoms with van der Waals surface area (Å²) in [6.07, 6.45) is 0. The molecule has 0 radical (unpaired) electrons. The minimum Gasteiger partial charge on any atom is -0.458 e. The molecule has 4 heterocycles. The summed E-state index contributed by atoms with van der Waals surface area (Å²) in [7, 11) is 0. The van der Waals surface area contributed by atoms with Crippen molar-refractivity contribution >= 4 is 78.5 Å². The van der Waals surface area contributed by atoms with E-state index in [4.69, 9.17) is 4.74 Å². The van der Waals surface area contributed by atoms with E-state index in [9.17, 15) is 0 Å². The summed E-state index contributed by atoms with van der Waals surface area (Å²) in [6.45, 7) is 0.141. The molecule has 0 saturated carbocycles. The molecule has 2 aliphatic rings. The Morgan fingerprint density at radius 3 is 1.83 bits per heavy atom. The molecule has 0 spiro atoms. The van der Waals surface area contributed by atoms with Crippen molar-refractivity contribution in [2.45, 2.75) is 9.79 Å². The monoisotopic (exact) mass is 616 g/mol. The van der Waals surface area contributed by atoms with Crippen LogP contribution in [0.5, 0.6) is 11.5 Å². The molecule has 7 aromatic carbocycles. The maximum absolute atomic E-state index is 6.79. The molecule has 5 heteroatoms. The maximum atomic E-state index is 6.79. The quantitative estimate of drug-likeness (QED) is 0.181. The number of benzene rings is 7. The Labute approximate surface area is 275 Å². The first-order valence-electron chi connectivity index (χ1n) is 16.1. The largest absolute Gasteiger partial charge is 0.458 e. The molecular weight excluding hydrogens is 591 g/mol. The Morgan fingerprint density at radius 1 is 0.468 bits per heavy atom. The van der Waals surface area contributed by atoms with Crippen LogP contribution in [0.1, 0.15) is 0 Å². The van der Waals surface area contributed by atoms with Gasteiger partial charge in [-0.15, -0.1) is 0 Å². The van der Waals surface area contributed by atoms with Crippen LogP contribution in [-0.4, -0.2) is 15.8 Å². The molecule has 0 unspecified atom stereocenters. The molecule has 9 aromatic rings. The third-order valence-corrected chi connectivity index (χ3v) is 11.2. The minimum absolute atomic E-state index is 0.141. The van der Waals surface area contributed by atoms with E-state index in [2.05, 4.69) is 161 Å². The summed E-state index contributed by atoms with van der Waals surface area (Å²) in [5, 5.41) is 4.98. The highest BCUT2D eigenvalue weighted by Gasteiger charge is 2.39. The highest BCUT2D eigenvalue weighted by molar-refractivity contribution is 8.00. The van der Waals surface area contributed by atoms with Gasteiger partial charge in [-0.1, -0.05) is 120 Å². The van der Waals surface area contributed by atoms with Crippen molar-refractivity contribution in [3.05, 3.63) is 152 Å². The number of rotatable bonds is 2. The van der Waals surface area contributed by atoms with Crippen molar-refractivity contribution in [1.82, 2.24) is 9.13 Å². The predicted molar refractivity (Wildman–Crippen MR) is 197 cm³/mol. The number of fused-ring (bicyclic) bond motifs is 10. The summed E-state index contributed by atoms with van der Waals surface area (Å²) in [4.78, 5) is 2.55. The maximum Gasteiger partial charge on any atom is 0.253 e. The standard InChI is InChI=1S/C42H25BN2OS/c1-7-19-34-27(12-1)28-13-2-8-20-35(28)45(34)36-21-11-15-30-29-14-3-6-18-33(29)44(42(30)36)26-24-38-41-40(25-26)47-39-23-10-5-17-32(39)43(41)31-16-4-9-22-37(31)46-38/h1-25H. The zero-order valence-electron chi connectivity index (χ0n) is 25.2. The van der Waals surface area contributed by atoms with Gasteiger partial charge >= 0.3 is 0 Å². The molecule has 2 aromatic heterocycles. The van der Waals surface area contributed by atoms with Crippen LogP contribution in [0.3, 0.4) is 0 Å². The van der Waals surface area contributed by atoms with Gasteiger partial charge in [0.2, 0.25) is 0 Å². The van der Waals surface area contributed by atoms with Crippen LogP contribution in [0.2, 0.25) is 0 Å². The third-order valence-electron chi connectivity index (χ3n) is 10.0. The summed E-state index contributed by atoms with van der Waals surface area (Å²) in [5.41, 5.74) is 10.9. The van der Waals surface area contributed by atoms with Gasteiger partial charge in [0.25, 0.3) is 6.71 Å². The Balaban J connectivity index is 1.25. The van der Waals surface area contributed by atoms with Crippen molar-refractivity contribution in [1.29, 1.82) is 0 Å². The van der Waals surface area contributed by atoms with Crippen LogP contribution in [0.4, 0.5) is 0 Å². The first-order chi connectivity index (χ1) is 23.3. The smallest absolute Gasteiger partial charge is 0.253 e. The van der Waals surface area contributed by atoms with Crippen molar-refractivity contribution in [2.24, 2.45) is 0 Å². The molecule has 2 aliphatic heterocycles. The van der Waals surface area contributed by atoms with E-state index in [0.717, 1.165) is 22.9 Å². The van der Waals surface area contributed by atoms with Crippen molar-refractivity contribution < 1.29 is 4.74 Å². The van der Waals surface area contributed by atoms with Gasteiger partial charge in [0.1, 0.15) is 11.5 Å². The summed E-state index contributed by atoms with van der Waals surface area (Å²) >= 11 is 1.85. The second-order valence-electron chi connectivity index (χ2n) is 12.5. The van der Waals surface area contributed by atoms with Crippen LogP contribution in [0.25, 0.3) is 55.0 Å². The van der Waals surface area contributed by atoms with Crippen LogP contribution in [0.15, 0.2) is 161 Å². The van der Waals surface area contributed by atoms with Gasteiger partial charge in [0.05, 0.1) is 33.4 Å². The Morgan fingerprint density at radius 2 is 1.06 bits per heavy atom. The lowest BCUT2D eigenvalue weighted by atomic mass is 9.35. The van der Waals surface area contributed by atoms with Crippen LogP contribution in [0, 0.1) is 0 Å². The number of hydrogen-bond donors (Lipinski definition) is 0. The van der Waals surface area contributed by atoms with E-state index in [1.807, 2.05) is 11.8 Å². The Hall–Kier alpha value is -5.65. The fourth-order valence-electron chi connectivity index (χ4n) is 8.14. The topological polar surface area (TPSA) is 19.1 Å². The van der Waals surface area contributed by atoms with Crippen molar-refractivity contribution in [3.63, 3.8) is 0 Å². The van der Waals surface area contributed by atoms with E-state index in [1.54, 1.807) is 0 Å². The number of hydrogen-bond acceptors (Lipinski definition) is 2.